The number of nitrogens with zero attached hydrogens (tertiary/aromatic N) is 1. The van der Waals surface area contributed by atoms with Gasteiger partial charge in [0.05, 0.1) is 15.4 Å². The van der Waals surface area contributed by atoms with E-state index < -0.39 is 0 Å². The molecule has 0 aromatic carbocycles. The second-order valence-electron chi connectivity index (χ2n) is 3.41. The summed E-state index contributed by atoms with van der Waals surface area (Å²) < 4.78 is 0.811. The first-order valence-corrected chi connectivity index (χ1v) is 6.83. The molecule has 0 aliphatic rings. The van der Waals surface area contributed by atoms with Gasteiger partial charge >= 0.3 is 0 Å². The van der Waals surface area contributed by atoms with Crippen LogP contribution in [0.3, 0.4) is 0 Å². The maximum Gasteiger partial charge on any atom is 0.0931 e. The summed E-state index contributed by atoms with van der Waals surface area (Å²) in [5, 5.41) is 1.06. The fourth-order valence-corrected chi connectivity index (χ4v) is 3.42. The summed E-state index contributed by atoms with van der Waals surface area (Å²) >= 11 is 9.15. The Balaban J connectivity index is 2.12. The lowest BCUT2D eigenvalue weighted by Gasteiger charge is -2.11. The van der Waals surface area contributed by atoms with Gasteiger partial charge < -0.3 is 0 Å². The van der Waals surface area contributed by atoms with Crippen molar-refractivity contribution in [2.75, 3.05) is 0 Å². The first kappa shape index (κ1) is 12.0. The predicted octanol–water partition coefficient (Wildman–Crippen LogP) is 2.91. The van der Waals surface area contributed by atoms with Crippen molar-refractivity contribution < 1.29 is 0 Å². The molecule has 1 atom stereocenters. The van der Waals surface area contributed by atoms with Gasteiger partial charge in [-0.25, -0.2) is 4.98 Å². The Bertz CT molecular complexity index is 466. The molecule has 3 nitrogen and oxygen atoms in total. The third-order valence-corrected chi connectivity index (χ3v) is 4.50. The number of thiazole rings is 1. The maximum atomic E-state index is 5.89. The summed E-state index contributed by atoms with van der Waals surface area (Å²) in [6.07, 6.45) is 2.72. The van der Waals surface area contributed by atoms with E-state index in [2.05, 4.69) is 10.4 Å². The lowest BCUT2D eigenvalue weighted by molar-refractivity contribution is 0.563. The summed E-state index contributed by atoms with van der Waals surface area (Å²) in [4.78, 5) is 6.61. The van der Waals surface area contributed by atoms with E-state index in [-0.39, 0.29) is 6.04 Å². The molecular weight excluding hydrogens is 262 g/mol. The predicted molar refractivity (Wildman–Crippen MR) is 69.9 cm³/mol. The molecule has 0 radical (unpaired) electrons. The molecule has 3 N–H and O–H groups in total. The molecule has 6 heteroatoms. The van der Waals surface area contributed by atoms with Gasteiger partial charge in [-0.2, -0.15) is 0 Å². The molecule has 0 aliphatic heterocycles. The number of nitrogens with two attached hydrogens (primary N) is 1. The minimum Gasteiger partial charge on any atom is -0.271 e. The van der Waals surface area contributed by atoms with Crippen LogP contribution in [0.2, 0.25) is 4.34 Å². The van der Waals surface area contributed by atoms with Crippen molar-refractivity contribution in [3.8, 4) is 0 Å². The van der Waals surface area contributed by atoms with Crippen LogP contribution < -0.4 is 11.3 Å². The van der Waals surface area contributed by atoms with E-state index in [1.807, 2.05) is 25.3 Å². The number of hydrogen-bond donors (Lipinski definition) is 2. The Kier molecular flexibility index (Phi) is 3.94. The van der Waals surface area contributed by atoms with E-state index in [0.717, 1.165) is 20.6 Å². The molecule has 16 heavy (non-hydrogen) atoms. The molecule has 0 bridgehead atoms. The topological polar surface area (TPSA) is 50.9 Å². The highest BCUT2D eigenvalue weighted by atomic mass is 35.5. The van der Waals surface area contributed by atoms with Crippen LogP contribution in [-0.4, -0.2) is 4.98 Å². The van der Waals surface area contributed by atoms with Gasteiger partial charge in [-0.3, -0.25) is 11.3 Å². The molecule has 86 valence electrons. The fourth-order valence-electron chi connectivity index (χ4n) is 1.44. The summed E-state index contributed by atoms with van der Waals surface area (Å²) in [5.41, 5.74) is 2.82. The Morgan fingerprint density at radius 2 is 2.31 bits per heavy atom. The highest BCUT2D eigenvalue weighted by molar-refractivity contribution is 7.16. The molecular formula is C10H12ClN3S2. The molecule has 2 rings (SSSR count). The van der Waals surface area contributed by atoms with Crippen molar-refractivity contribution in [1.29, 1.82) is 0 Å². The number of halogens is 1. The van der Waals surface area contributed by atoms with Crippen molar-refractivity contribution in [3.63, 3.8) is 0 Å². The van der Waals surface area contributed by atoms with Gasteiger partial charge in [0, 0.05) is 22.4 Å². The fraction of sp³-hybridized carbons (Fsp3) is 0.300. The van der Waals surface area contributed by atoms with Gasteiger partial charge in [-0.15, -0.1) is 22.7 Å². The first-order valence-electron chi connectivity index (χ1n) is 4.81. The lowest BCUT2D eigenvalue weighted by Crippen LogP contribution is -2.28. The SMILES string of the molecule is Cc1ncc(C(Cc2ccc(Cl)s2)NN)s1. The van der Waals surface area contributed by atoms with Gasteiger partial charge in [0.25, 0.3) is 0 Å². The zero-order valence-electron chi connectivity index (χ0n) is 8.74. The molecule has 2 aromatic heterocycles. The average molecular weight is 274 g/mol. The number of aromatic nitrogens is 1. The molecule has 0 aliphatic carbocycles. The summed E-state index contributed by atoms with van der Waals surface area (Å²) in [6, 6.07) is 4.05. The lowest BCUT2D eigenvalue weighted by atomic mass is 10.2. The van der Waals surface area contributed by atoms with Crippen molar-refractivity contribution in [2.45, 2.75) is 19.4 Å². The van der Waals surface area contributed by atoms with Crippen molar-refractivity contribution >= 4 is 34.3 Å². The smallest absolute Gasteiger partial charge is 0.0931 e. The van der Waals surface area contributed by atoms with Crippen molar-refractivity contribution in [1.82, 2.24) is 10.4 Å². The number of hydrazine groups is 1. The van der Waals surface area contributed by atoms with E-state index >= 15 is 0 Å². The normalized spacial score (nSPS) is 12.9. The standard InChI is InChI=1S/C10H12ClN3S2/c1-6-13-5-9(15-6)8(14-12)4-7-2-3-10(11)16-7/h2-3,5,8,14H,4,12H2,1H3. The average Bonchev–Trinajstić information content (AvgIpc) is 2.84. The zero-order valence-corrected chi connectivity index (χ0v) is 11.1. The highest BCUT2D eigenvalue weighted by Gasteiger charge is 2.14. The van der Waals surface area contributed by atoms with Crippen LogP contribution in [0, 0.1) is 6.92 Å². The van der Waals surface area contributed by atoms with Crippen LogP contribution in [0.1, 0.15) is 20.8 Å². The Morgan fingerprint density at radius 1 is 1.50 bits per heavy atom. The quantitative estimate of drug-likeness (QED) is 0.665. The number of thiophene rings is 1. The third kappa shape index (κ3) is 2.81. The molecule has 0 amide bonds. The molecule has 1 unspecified atom stereocenters. The largest absolute Gasteiger partial charge is 0.271 e. The van der Waals surface area contributed by atoms with Crippen molar-refractivity contribution in [3.05, 3.63) is 37.4 Å². The van der Waals surface area contributed by atoms with Gasteiger partial charge in [0.1, 0.15) is 0 Å². The molecule has 0 saturated carbocycles. The van der Waals surface area contributed by atoms with Crippen LogP contribution >= 0.6 is 34.3 Å². The molecule has 0 saturated heterocycles. The zero-order chi connectivity index (χ0) is 11.5. The first-order chi connectivity index (χ1) is 7.69. The van der Waals surface area contributed by atoms with E-state index in [9.17, 15) is 0 Å². The van der Waals surface area contributed by atoms with Crippen LogP contribution in [0.15, 0.2) is 18.3 Å². The summed E-state index contributed by atoms with van der Waals surface area (Å²) in [6.45, 7) is 1.99. The van der Waals surface area contributed by atoms with E-state index in [4.69, 9.17) is 17.4 Å². The number of hydrogen-bond acceptors (Lipinski definition) is 5. The molecule has 0 spiro atoms. The highest BCUT2D eigenvalue weighted by Crippen LogP contribution is 2.28. The minimum atomic E-state index is 0.112. The second-order valence-corrected chi connectivity index (χ2v) is 6.48. The minimum absolute atomic E-state index is 0.112. The molecule has 2 heterocycles. The number of nitrogens with one attached hydrogen (secondary N) is 1. The number of aryl methyl sites for hydroxylation is 1. The van der Waals surface area contributed by atoms with Crippen molar-refractivity contribution in [2.24, 2.45) is 5.84 Å². The number of rotatable bonds is 4. The molecule has 0 fully saturated rings. The van der Waals surface area contributed by atoms with Gasteiger partial charge in [0.15, 0.2) is 0 Å². The Morgan fingerprint density at radius 3 is 2.81 bits per heavy atom. The molecule has 2 aromatic rings. The van der Waals surface area contributed by atoms with Crippen LogP contribution in [-0.2, 0) is 6.42 Å². The summed E-state index contributed by atoms with van der Waals surface area (Å²) in [5.74, 6) is 5.57. The maximum absolute atomic E-state index is 5.89. The van der Waals surface area contributed by atoms with Gasteiger partial charge in [0.2, 0.25) is 0 Å². The van der Waals surface area contributed by atoms with Crippen LogP contribution in [0.5, 0.6) is 0 Å². The van der Waals surface area contributed by atoms with Crippen LogP contribution in [0.4, 0.5) is 0 Å². The van der Waals surface area contributed by atoms with E-state index in [0.29, 0.717) is 0 Å². The van der Waals surface area contributed by atoms with Gasteiger partial charge in [-0.1, -0.05) is 11.6 Å². The van der Waals surface area contributed by atoms with Gasteiger partial charge in [-0.05, 0) is 19.1 Å². The van der Waals surface area contributed by atoms with Crippen LogP contribution in [0.25, 0.3) is 0 Å². The second kappa shape index (κ2) is 5.25. The summed E-state index contributed by atoms with van der Waals surface area (Å²) in [7, 11) is 0. The Labute approximate surface area is 107 Å². The van der Waals surface area contributed by atoms with E-state index in [1.165, 1.54) is 4.88 Å². The Hall–Kier alpha value is -0.460. The monoisotopic (exact) mass is 273 g/mol. The van der Waals surface area contributed by atoms with E-state index in [1.54, 1.807) is 22.7 Å². The third-order valence-electron chi connectivity index (χ3n) is 2.22.